The number of thiophene rings is 1. The summed E-state index contributed by atoms with van der Waals surface area (Å²) >= 11 is 10.8. The Balaban J connectivity index is 2.03. The minimum Gasteiger partial charge on any atom is -0.327 e. The fourth-order valence-corrected chi connectivity index (χ4v) is 3.55. The highest BCUT2D eigenvalue weighted by Gasteiger charge is 2.12. The van der Waals surface area contributed by atoms with Crippen molar-refractivity contribution >= 4 is 38.9 Å². The summed E-state index contributed by atoms with van der Waals surface area (Å²) in [5.74, 6) is -0.359. The standard InChI is InChI=1S/C13H12BrClFNS/c14-12-5-4-10(18-12)7-9(17)6-8-2-1-3-11(15)13(8)16/h1-5,9H,6-7,17H2. The summed E-state index contributed by atoms with van der Waals surface area (Å²) in [5.41, 5.74) is 6.62. The van der Waals surface area contributed by atoms with Gasteiger partial charge in [-0.05, 0) is 52.5 Å². The molecule has 0 spiro atoms. The molecule has 96 valence electrons. The summed E-state index contributed by atoms with van der Waals surface area (Å²) in [4.78, 5) is 1.19. The van der Waals surface area contributed by atoms with Gasteiger partial charge in [-0.2, -0.15) is 0 Å². The van der Waals surface area contributed by atoms with E-state index in [2.05, 4.69) is 15.9 Å². The number of hydrogen-bond acceptors (Lipinski definition) is 2. The van der Waals surface area contributed by atoms with Crippen LogP contribution in [0.25, 0.3) is 0 Å². The van der Waals surface area contributed by atoms with E-state index in [4.69, 9.17) is 17.3 Å². The van der Waals surface area contributed by atoms with E-state index < -0.39 is 0 Å². The van der Waals surface area contributed by atoms with Gasteiger partial charge in [0.25, 0.3) is 0 Å². The molecule has 5 heteroatoms. The van der Waals surface area contributed by atoms with E-state index in [0.29, 0.717) is 12.0 Å². The Morgan fingerprint density at radius 1 is 1.28 bits per heavy atom. The van der Waals surface area contributed by atoms with Crippen LogP contribution in [0.2, 0.25) is 5.02 Å². The monoisotopic (exact) mass is 347 g/mol. The van der Waals surface area contributed by atoms with Crippen molar-refractivity contribution < 1.29 is 4.39 Å². The second-order valence-electron chi connectivity index (χ2n) is 4.09. The molecule has 0 saturated heterocycles. The quantitative estimate of drug-likeness (QED) is 0.870. The Bertz CT molecular complexity index is 544. The maximum Gasteiger partial charge on any atom is 0.145 e. The third kappa shape index (κ3) is 3.54. The molecule has 0 amide bonds. The molecule has 0 aliphatic carbocycles. The molecule has 1 unspecified atom stereocenters. The zero-order chi connectivity index (χ0) is 13.1. The molecule has 0 aliphatic rings. The van der Waals surface area contributed by atoms with Crippen molar-refractivity contribution in [3.05, 3.63) is 55.4 Å². The largest absolute Gasteiger partial charge is 0.327 e. The molecule has 0 aliphatic heterocycles. The molecule has 1 aromatic carbocycles. The van der Waals surface area contributed by atoms with E-state index in [9.17, 15) is 4.39 Å². The van der Waals surface area contributed by atoms with Crippen LogP contribution in [0.3, 0.4) is 0 Å². The van der Waals surface area contributed by atoms with Crippen LogP contribution < -0.4 is 5.73 Å². The highest BCUT2D eigenvalue weighted by Crippen LogP contribution is 2.24. The summed E-state index contributed by atoms with van der Waals surface area (Å²) < 4.78 is 14.8. The van der Waals surface area contributed by atoms with Crippen LogP contribution in [0, 0.1) is 5.82 Å². The second-order valence-corrected chi connectivity index (χ2v) is 7.04. The molecule has 2 rings (SSSR count). The molecule has 18 heavy (non-hydrogen) atoms. The molecule has 1 atom stereocenters. The van der Waals surface area contributed by atoms with Gasteiger partial charge in [-0.3, -0.25) is 0 Å². The highest BCUT2D eigenvalue weighted by atomic mass is 79.9. The van der Waals surface area contributed by atoms with E-state index >= 15 is 0 Å². The lowest BCUT2D eigenvalue weighted by molar-refractivity contribution is 0.585. The number of halogens is 3. The van der Waals surface area contributed by atoms with Crippen molar-refractivity contribution in [2.45, 2.75) is 18.9 Å². The van der Waals surface area contributed by atoms with Crippen molar-refractivity contribution in [1.82, 2.24) is 0 Å². The first-order chi connectivity index (χ1) is 8.56. The molecule has 1 aromatic heterocycles. The molecule has 1 heterocycles. The van der Waals surface area contributed by atoms with Crippen molar-refractivity contribution in [2.24, 2.45) is 5.73 Å². The lowest BCUT2D eigenvalue weighted by atomic mass is 10.0. The van der Waals surface area contributed by atoms with E-state index in [1.165, 1.54) is 4.88 Å². The molecule has 1 nitrogen and oxygen atoms in total. The Kier molecular flexibility index (Phi) is 4.78. The van der Waals surface area contributed by atoms with Gasteiger partial charge in [0.2, 0.25) is 0 Å². The van der Waals surface area contributed by atoms with Gasteiger partial charge in [0.05, 0.1) is 8.81 Å². The average Bonchev–Trinajstić information content (AvgIpc) is 2.70. The van der Waals surface area contributed by atoms with Gasteiger partial charge in [-0.1, -0.05) is 23.7 Å². The number of benzene rings is 1. The Morgan fingerprint density at radius 2 is 2.06 bits per heavy atom. The topological polar surface area (TPSA) is 26.0 Å². The predicted molar refractivity (Wildman–Crippen MR) is 78.8 cm³/mol. The minimum absolute atomic E-state index is 0.108. The zero-order valence-corrected chi connectivity index (χ0v) is 12.7. The Labute approximate surface area is 123 Å². The van der Waals surface area contributed by atoms with Gasteiger partial charge < -0.3 is 5.73 Å². The van der Waals surface area contributed by atoms with Crippen LogP contribution in [0.4, 0.5) is 4.39 Å². The predicted octanol–water partition coefficient (Wildman–Crippen LogP) is 4.42. The molecule has 2 N–H and O–H groups in total. The smallest absolute Gasteiger partial charge is 0.145 e. The molecule has 0 fully saturated rings. The maximum atomic E-state index is 13.7. The molecule has 2 aromatic rings. The lowest BCUT2D eigenvalue weighted by Crippen LogP contribution is -2.25. The zero-order valence-electron chi connectivity index (χ0n) is 9.50. The van der Waals surface area contributed by atoms with Crippen LogP contribution in [0.15, 0.2) is 34.1 Å². The lowest BCUT2D eigenvalue weighted by Gasteiger charge is -2.11. The third-order valence-corrected chi connectivity index (χ3v) is 4.54. The summed E-state index contributed by atoms with van der Waals surface area (Å²) in [6.45, 7) is 0. The van der Waals surface area contributed by atoms with E-state index in [1.54, 1.807) is 29.5 Å². The second kappa shape index (κ2) is 6.15. The first-order valence-corrected chi connectivity index (χ1v) is 7.47. The van der Waals surface area contributed by atoms with Gasteiger partial charge in [-0.15, -0.1) is 11.3 Å². The van der Waals surface area contributed by atoms with Crippen molar-refractivity contribution in [2.75, 3.05) is 0 Å². The normalized spacial score (nSPS) is 12.7. The van der Waals surface area contributed by atoms with Crippen LogP contribution in [-0.2, 0) is 12.8 Å². The molecule has 0 saturated carbocycles. The minimum atomic E-state index is -0.359. The molecular weight excluding hydrogens is 337 g/mol. The average molecular weight is 349 g/mol. The molecular formula is C13H12BrClFNS. The van der Waals surface area contributed by atoms with Crippen LogP contribution in [0.1, 0.15) is 10.4 Å². The number of rotatable bonds is 4. The fraction of sp³-hybridized carbons (Fsp3) is 0.231. The first-order valence-electron chi connectivity index (χ1n) is 5.49. The van der Waals surface area contributed by atoms with Gasteiger partial charge in [0.15, 0.2) is 0 Å². The van der Waals surface area contributed by atoms with Crippen molar-refractivity contribution in [3.8, 4) is 0 Å². The molecule has 0 bridgehead atoms. The summed E-state index contributed by atoms with van der Waals surface area (Å²) in [6, 6.07) is 8.93. The van der Waals surface area contributed by atoms with Gasteiger partial charge >= 0.3 is 0 Å². The Hall–Kier alpha value is -0.420. The van der Waals surface area contributed by atoms with Crippen LogP contribution in [-0.4, -0.2) is 6.04 Å². The molecule has 0 radical (unpaired) electrons. The van der Waals surface area contributed by atoms with Crippen molar-refractivity contribution in [1.29, 1.82) is 0 Å². The Morgan fingerprint density at radius 3 is 2.72 bits per heavy atom. The number of nitrogens with two attached hydrogens (primary N) is 1. The summed E-state index contributed by atoms with van der Waals surface area (Å²) in [6.07, 6.45) is 1.23. The van der Waals surface area contributed by atoms with Gasteiger partial charge in [0.1, 0.15) is 5.82 Å². The maximum absolute atomic E-state index is 13.7. The van der Waals surface area contributed by atoms with Gasteiger partial charge in [-0.25, -0.2) is 4.39 Å². The third-order valence-electron chi connectivity index (χ3n) is 2.61. The van der Waals surface area contributed by atoms with E-state index in [-0.39, 0.29) is 16.9 Å². The van der Waals surface area contributed by atoms with Crippen molar-refractivity contribution in [3.63, 3.8) is 0 Å². The summed E-state index contributed by atoms with van der Waals surface area (Å²) in [7, 11) is 0. The van der Waals surface area contributed by atoms with Gasteiger partial charge in [0, 0.05) is 10.9 Å². The summed E-state index contributed by atoms with van der Waals surface area (Å²) in [5, 5.41) is 0.151. The van der Waals surface area contributed by atoms with E-state index in [1.807, 2.05) is 12.1 Å². The number of hydrogen-bond donors (Lipinski definition) is 1. The first kappa shape index (κ1) is 14.0. The van der Waals surface area contributed by atoms with Crippen LogP contribution in [0.5, 0.6) is 0 Å². The highest BCUT2D eigenvalue weighted by molar-refractivity contribution is 9.11. The van der Waals surface area contributed by atoms with E-state index in [0.717, 1.165) is 10.2 Å². The van der Waals surface area contributed by atoms with Crippen LogP contribution >= 0.6 is 38.9 Å². The fourth-order valence-electron chi connectivity index (χ4n) is 1.78. The SMILES string of the molecule is NC(Cc1ccc(Br)s1)Cc1cccc(Cl)c1F.